The van der Waals surface area contributed by atoms with Crippen molar-refractivity contribution < 1.29 is 5.11 Å². The molecule has 0 amide bonds. The number of halogens is 1. The highest BCUT2D eigenvalue weighted by Gasteiger charge is 2.46. The van der Waals surface area contributed by atoms with E-state index in [2.05, 4.69) is 34.0 Å². The van der Waals surface area contributed by atoms with Gasteiger partial charge in [-0.25, -0.2) is 0 Å². The van der Waals surface area contributed by atoms with Crippen molar-refractivity contribution in [3.63, 3.8) is 0 Å². The third-order valence-electron chi connectivity index (χ3n) is 6.03. The Morgan fingerprint density at radius 3 is 3.00 bits per heavy atom. The molecule has 1 aromatic carbocycles. The van der Waals surface area contributed by atoms with Crippen molar-refractivity contribution in [3.8, 4) is 0 Å². The standard InChI is InChI=1S/C19H24ClN3O/c1-22-9-2-6-19(13-24)7-10-23(12-18(19)22)17-5-8-21-16-11-14(20)3-4-15(16)17/h3-5,8,11,18,24H,2,6-7,9-10,12-13H2,1H3/t18-,19-/m1/s1. The molecule has 2 aliphatic rings. The maximum atomic E-state index is 10.1. The number of rotatable bonds is 2. The van der Waals surface area contributed by atoms with E-state index in [0.29, 0.717) is 12.6 Å². The zero-order valence-corrected chi connectivity index (χ0v) is 14.8. The van der Waals surface area contributed by atoms with Crippen LogP contribution < -0.4 is 4.90 Å². The molecule has 0 bridgehead atoms. The summed E-state index contributed by atoms with van der Waals surface area (Å²) in [4.78, 5) is 9.36. The summed E-state index contributed by atoms with van der Waals surface area (Å²) in [7, 11) is 2.20. The molecule has 2 aromatic rings. The summed E-state index contributed by atoms with van der Waals surface area (Å²) in [5.74, 6) is 0. The van der Waals surface area contributed by atoms with E-state index in [4.69, 9.17) is 11.6 Å². The number of fused-ring (bicyclic) bond motifs is 2. The van der Waals surface area contributed by atoms with Gasteiger partial charge in [0.2, 0.25) is 0 Å². The number of anilines is 1. The molecule has 1 aromatic heterocycles. The highest BCUT2D eigenvalue weighted by Crippen LogP contribution is 2.43. The van der Waals surface area contributed by atoms with Crippen LogP contribution >= 0.6 is 11.6 Å². The molecule has 1 N–H and O–H groups in total. The van der Waals surface area contributed by atoms with E-state index < -0.39 is 0 Å². The second kappa shape index (κ2) is 6.17. The predicted octanol–water partition coefficient (Wildman–Crippen LogP) is 3.17. The Hall–Kier alpha value is -1.36. The second-order valence-electron chi connectivity index (χ2n) is 7.31. The second-order valence-corrected chi connectivity index (χ2v) is 7.74. The van der Waals surface area contributed by atoms with Crippen LogP contribution in [0.5, 0.6) is 0 Å². The Kier molecular flexibility index (Phi) is 4.15. The van der Waals surface area contributed by atoms with Crippen LogP contribution in [0.25, 0.3) is 10.9 Å². The Morgan fingerprint density at radius 1 is 1.29 bits per heavy atom. The molecular formula is C19H24ClN3O. The average Bonchev–Trinajstić information content (AvgIpc) is 2.61. The Bertz CT molecular complexity index is 752. The molecule has 128 valence electrons. The van der Waals surface area contributed by atoms with E-state index in [9.17, 15) is 5.11 Å². The van der Waals surface area contributed by atoms with Gasteiger partial charge in [0.05, 0.1) is 12.1 Å². The van der Waals surface area contributed by atoms with E-state index in [1.165, 1.54) is 12.1 Å². The normalized spacial score (nSPS) is 28.1. The molecule has 2 aliphatic heterocycles. The molecule has 2 fully saturated rings. The van der Waals surface area contributed by atoms with Crippen LogP contribution in [0.1, 0.15) is 19.3 Å². The van der Waals surface area contributed by atoms with E-state index in [1.54, 1.807) is 0 Å². The molecule has 0 aliphatic carbocycles. The van der Waals surface area contributed by atoms with Crippen molar-refractivity contribution >= 4 is 28.2 Å². The quantitative estimate of drug-likeness (QED) is 0.907. The predicted molar refractivity (Wildman–Crippen MR) is 98.8 cm³/mol. The molecule has 2 saturated heterocycles. The minimum atomic E-state index is 0.0651. The molecule has 24 heavy (non-hydrogen) atoms. The number of likely N-dealkylation sites (N-methyl/N-ethyl adjacent to an activating group) is 1. The molecule has 3 heterocycles. The number of pyridine rings is 1. The molecular weight excluding hydrogens is 322 g/mol. The summed E-state index contributed by atoms with van der Waals surface area (Å²) in [5, 5.41) is 12.0. The van der Waals surface area contributed by atoms with Gasteiger partial charge in [0.25, 0.3) is 0 Å². The fourth-order valence-corrected chi connectivity index (χ4v) is 4.78. The Labute approximate surface area is 148 Å². The highest BCUT2D eigenvalue weighted by molar-refractivity contribution is 6.31. The van der Waals surface area contributed by atoms with Gasteiger partial charge in [0.15, 0.2) is 0 Å². The lowest BCUT2D eigenvalue weighted by Gasteiger charge is -2.54. The molecule has 0 unspecified atom stereocenters. The van der Waals surface area contributed by atoms with Gasteiger partial charge in [-0.3, -0.25) is 4.98 Å². The monoisotopic (exact) mass is 345 g/mol. The first-order chi connectivity index (χ1) is 11.6. The third-order valence-corrected chi connectivity index (χ3v) is 6.27. The van der Waals surface area contributed by atoms with Gasteiger partial charge in [-0.15, -0.1) is 0 Å². The summed E-state index contributed by atoms with van der Waals surface area (Å²) in [6, 6.07) is 8.43. The molecule has 4 rings (SSSR count). The first-order valence-corrected chi connectivity index (χ1v) is 9.11. The molecule has 0 spiro atoms. The van der Waals surface area contributed by atoms with E-state index >= 15 is 0 Å². The van der Waals surface area contributed by atoms with Gasteiger partial charge < -0.3 is 14.9 Å². The SMILES string of the molecule is CN1CCC[C@]2(CO)CCN(c3ccnc4cc(Cl)ccc34)C[C@@H]12. The lowest BCUT2D eigenvalue weighted by Crippen LogP contribution is -2.61. The van der Waals surface area contributed by atoms with Gasteiger partial charge in [-0.2, -0.15) is 0 Å². The van der Waals surface area contributed by atoms with Crippen molar-refractivity contribution in [2.24, 2.45) is 5.41 Å². The minimum absolute atomic E-state index is 0.0651. The molecule has 0 saturated carbocycles. The van der Waals surface area contributed by atoms with Gasteiger partial charge in [0, 0.05) is 46.8 Å². The maximum Gasteiger partial charge on any atom is 0.0737 e. The van der Waals surface area contributed by atoms with Crippen LogP contribution in [0.4, 0.5) is 5.69 Å². The van der Waals surface area contributed by atoms with Gasteiger partial charge in [-0.05, 0) is 57.1 Å². The van der Waals surface area contributed by atoms with Crippen molar-refractivity contribution in [2.75, 3.05) is 38.2 Å². The zero-order valence-electron chi connectivity index (χ0n) is 14.1. The number of hydrogen-bond donors (Lipinski definition) is 1. The number of nitrogens with zero attached hydrogens (tertiary/aromatic N) is 3. The summed E-state index contributed by atoms with van der Waals surface area (Å²) >= 11 is 6.12. The summed E-state index contributed by atoms with van der Waals surface area (Å²) in [5.41, 5.74) is 2.23. The lowest BCUT2D eigenvalue weighted by molar-refractivity contribution is -0.0275. The minimum Gasteiger partial charge on any atom is -0.396 e. The van der Waals surface area contributed by atoms with Crippen LogP contribution in [0, 0.1) is 5.41 Å². The molecule has 0 radical (unpaired) electrons. The first-order valence-electron chi connectivity index (χ1n) is 8.73. The molecule has 4 nitrogen and oxygen atoms in total. The van der Waals surface area contributed by atoms with E-state index in [-0.39, 0.29) is 5.41 Å². The van der Waals surface area contributed by atoms with Crippen molar-refractivity contribution in [1.82, 2.24) is 9.88 Å². The zero-order chi connectivity index (χ0) is 16.7. The summed E-state index contributed by atoms with van der Waals surface area (Å²) < 4.78 is 0. The number of aliphatic hydroxyl groups excluding tert-OH is 1. The van der Waals surface area contributed by atoms with Crippen LogP contribution in [-0.4, -0.2) is 54.3 Å². The van der Waals surface area contributed by atoms with Gasteiger partial charge in [-0.1, -0.05) is 11.6 Å². The molecule has 2 atom stereocenters. The summed E-state index contributed by atoms with van der Waals surface area (Å²) in [6.45, 7) is 3.35. The average molecular weight is 346 g/mol. The van der Waals surface area contributed by atoms with Crippen molar-refractivity contribution in [1.29, 1.82) is 0 Å². The van der Waals surface area contributed by atoms with Gasteiger partial charge >= 0.3 is 0 Å². The lowest BCUT2D eigenvalue weighted by atomic mass is 9.69. The van der Waals surface area contributed by atoms with E-state index in [0.717, 1.165) is 48.4 Å². The van der Waals surface area contributed by atoms with Crippen LogP contribution in [0.2, 0.25) is 5.02 Å². The van der Waals surface area contributed by atoms with Crippen molar-refractivity contribution in [2.45, 2.75) is 25.3 Å². The number of benzene rings is 1. The number of piperidine rings is 2. The first kappa shape index (κ1) is 16.1. The van der Waals surface area contributed by atoms with Gasteiger partial charge in [0.1, 0.15) is 0 Å². The maximum absolute atomic E-state index is 10.1. The number of aliphatic hydroxyl groups is 1. The Balaban J connectivity index is 1.69. The number of likely N-dealkylation sites (tertiary alicyclic amines) is 1. The topological polar surface area (TPSA) is 39.6 Å². The number of hydrogen-bond acceptors (Lipinski definition) is 4. The third kappa shape index (κ3) is 2.57. The van der Waals surface area contributed by atoms with E-state index in [1.807, 2.05) is 18.3 Å². The van der Waals surface area contributed by atoms with Crippen LogP contribution in [-0.2, 0) is 0 Å². The molecule has 5 heteroatoms. The highest BCUT2D eigenvalue weighted by atomic mass is 35.5. The smallest absolute Gasteiger partial charge is 0.0737 e. The fourth-order valence-electron chi connectivity index (χ4n) is 4.62. The van der Waals surface area contributed by atoms with Crippen LogP contribution in [0.15, 0.2) is 30.5 Å². The number of aromatic nitrogens is 1. The van der Waals surface area contributed by atoms with Crippen LogP contribution in [0.3, 0.4) is 0 Å². The van der Waals surface area contributed by atoms with Crippen molar-refractivity contribution in [3.05, 3.63) is 35.5 Å². The summed E-state index contributed by atoms with van der Waals surface area (Å²) in [6.07, 6.45) is 5.23. The Morgan fingerprint density at radius 2 is 2.17 bits per heavy atom. The largest absolute Gasteiger partial charge is 0.396 e. The fraction of sp³-hybridized carbons (Fsp3) is 0.526.